The summed E-state index contributed by atoms with van der Waals surface area (Å²) in [6.45, 7) is 1.44. The molecule has 0 amide bonds. The van der Waals surface area contributed by atoms with Crippen molar-refractivity contribution in [2.45, 2.75) is 44.6 Å². The molecule has 0 spiro atoms. The fourth-order valence-electron chi connectivity index (χ4n) is 2.55. The predicted octanol–water partition coefficient (Wildman–Crippen LogP) is 4.50. The molecule has 4 heteroatoms. The van der Waals surface area contributed by atoms with Gasteiger partial charge in [-0.05, 0) is 40.8 Å². The normalized spacial score (nSPS) is 19.7. The summed E-state index contributed by atoms with van der Waals surface area (Å²) in [4.78, 5) is 1.23. The minimum absolute atomic E-state index is 0.0737. The zero-order valence-corrected chi connectivity index (χ0v) is 13.1. The summed E-state index contributed by atoms with van der Waals surface area (Å²) in [6.07, 6.45) is 8.25. The van der Waals surface area contributed by atoms with Crippen LogP contribution in [0.2, 0.25) is 0 Å². The van der Waals surface area contributed by atoms with Gasteiger partial charge in [-0.2, -0.15) is 0 Å². The third-order valence-electron chi connectivity index (χ3n) is 3.63. The van der Waals surface area contributed by atoms with E-state index < -0.39 is 0 Å². The fraction of sp³-hybridized carbons (Fsp3) is 0.714. The third kappa shape index (κ3) is 4.34. The highest BCUT2D eigenvalue weighted by atomic mass is 79.9. The van der Waals surface area contributed by atoms with Crippen LogP contribution in [0.4, 0.5) is 0 Å². The Balaban J connectivity index is 1.83. The maximum absolute atomic E-state index is 6.05. The lowest BCUT2D eigenvalue weighted by molar-refractivity contribution is 0.0318. The summed E-state index contributed by atoms with van der Waals surface area (Å²) in [6, 6.07) is 2.12. The zero-order chi connectivity index (χ0) is 12.8. The molecule has 0 saturated heterocycles. The van der Waals surface area contributed by atoms with Crippen molar-refractivity contribution in [3.8, 4) is 0 Å². The molecule has 1 saturated carbocycles. The van der Waals surface area contributed by atoms with Crippen LogP contribution in [0.25, 0.3) is 0 Å². The van der Waals surface area contributed by atoms with Gasteiger partial charge in [0.05, 0.1) is 6.61 Å². The molecule has 2 N–H and O–H groups in total. The Labute approximate surface area is 122 Å². The molecule has 18 heavy (non-hydrogen) atoms. The van der Waals surface area contributed by atoms with Gasteiger partial charge in [-0.3, -0.25) is 0 Å². The molecule has 0 aliphatic heterocycles. The highest BCUT2D eigenvalue weighted by molar-refractivity contribution is 9.10. The van der Waals surface area contributed by atoms with Crippen molar-refractivity contribution in [2.75, 3.05) is 13.2 Å². The molecular formula is C14H22BrNOS. The van der Waals surface area contributed by atoms with E-state index in [9.17, 15) is 0 Å². The number of hydrogen-bond donors (Lipinski definition) is 1. The van der Waals surface area contributed by atoms with Crippen molar-refractivity contribution >= 4 is 27.3 Å². The summed E-state index contributed by atoms with van der Waals surface area (Å²) in [5.74, 6) is 0.741. The van der Waals surface area contributed by atoms with E-state index in [-0.39, 0.29) is 6.10 Å². The van der Waals surface area contributed by atoms with Crippen molar-refractivity contribution in [3.05, 3.63) is 20.8 Å². The van der Waals surface area contributed by atoms with Gasteiger partial charge in [-0.15, -0.1) is 11.3 Å². The standard InChI is InChI=1S/C14H22BrNOS/c15-12-7-14(18-10-12)13(8-16)17-9-11-5-3-1-2-4-6-11/h7,10-11,13H,1-6,8-9,16H2. The van der Waals surface area contributed by atoms with Gasteiger partial charge in [-0.25, -0.2) is 0 Å². The molecule has 0 bridgehead atoms. The minimum atomic E-state index is 0.0737. The second-order valence-corrected chi connectivity index (χ2v) is 6.94. The molecule has 2 nitrogen and oxygen atoms in total. The summed E-state index contributed by atoms with van der Waals surface area (Å²) < 4.78 is 7.17. The molecule has 1 aliphatic rings. The lowest BCUT2D eigenvalue weighted by atomic mass is 10.0. The average Bonchev–Trinajstić information content (AvgIpc) is 2.65. The van der Waals surface area contributed by atoms with Crippen LogP contribution in [0.15, 0.2) is 15.9 Å². The first-order chi connectivity index (χ1) is 8.79. The molecule has 1 aromatic heterocycles. The third-order valence-corrected chi connectivity index (χ3v) is 5.41. The molecule has 2 rings (SSSR count). The van der Waals surface area contributed by atoms with Crippen molar-refractivity contribution < 1.29 is 4.74 Å². The second-order valence-electron chi connectivity index (χ2n) is 5.08. The van der Waals surface area contributed by atoms with Crippen molar-refractivity contribution in [1.29, 1.82) is 0 Å². The lowest BCUT2D eigenvalue weighted by Crippen LogP contribution is -2.18. The minimum Gasteiger partial charge on any atom is -0.371 e. The number of ether oxygens (including phenoxy) is 1. The SMILES string of the molecule is NCC(OCC1CCCCCC1)c1cc(Br)cs1. The highest BCUT2D eigenvalue weighted by Gasteiger charge is 2.17. The number of nitrogens with two attached hydrogens (primary N) is 1. The van der Waals surface area contributed by atoms with Gasteiger partial charge in [0, 0.05) is 21.3 Å². The molecule has 1 heterocycles. The fourth-order valence-corrected chi connectivity index (χ4v) is 4.05. The topological polar surface area (TPSA) is 35.2 Å². The van der Waals surface area contributed by atoms with Crippen molar-refractivity contribution in [3.63, 3.8) is 0 Å². The van der Waals surface area contributed by atoms with Gasteiger partial charge in [-0.1, -0.05) is 25.7 Å². The first kappa shape index (κ1) is 14.5. The van der Waals surface area contributed by atoms with Gasteiger partial charge < -0.3 is 10.5 Å². The van der Waals surface area contributed by atoms with Crippen molar-refractivity contribution in [2.24, 2.45) is 11.7 Å². The maximum atomic E-state index is 6.05. The Hall–Kier alpha value is 0.1000. The highest BCUT2D eigenvalue weighted by Crippen LogP contribution is 2.29. The largest absolute Gasteiger partial charge is 0.371 e. The Morgan fingerprint density at radius 3 is 2.61 bits per heavy atom. The summed E-state index contributed by atoms with van der Waals surface area (Å²) in [5, 5.41) is 2.09. The van der Waals surface area contributed by atoms with Crippen LogP contribution in [0, 0.1) is 5.92 Å². The van der Waals surface area contributed by atoms with Crippen LogP contribution in [-0.4, -0.2) is 13.2 Å². The summed E-state index contributed by atoms with van der Waals surface area (Å²) in [7, 11) is 0. The first-order valence-corrected chi connectivity index (χ1v) is 8.52. The van der Waals surface area contributed by atoms with E-state index in [1.54, 1.807) is 11.3 Å². The van der Waals surface area contributed by atoms with E-state index in [4.69, 9.17) is 10.5 Å². The van der Waals surface area contributed by atoms with Gasteiger partial charge in [0.15, 0.2) is 0 Å². The van der Waals surface area contributed by atoms with Crippen LogP contribution in [-0.2, 0) is 4.74 Å². The van der Waals surface area contributed by atoms with E-state index in [1.807, 2.05) is 0 Å². The smallest absolute Gasteiger partial charge is 0.104 e. The molecule has 1 aromatic rings. The molecule has 0 aromatic carbocycles. The molecular weight excluding hydrogens is 310 g/mol. The summed E-state index contributed by atoms with van der Waals surface area (Å²) >= 11 is 5.20. The average molecular weight is 332 g/mol. The molecule has 1 fully saturated rings. The number of hydrogen-bond acceptors (Lipinski definition) is 3. The van der Waals surface area contributed by atoms with Crippen LogP contribution < -0.4 is 5.73 Å². The van der Waals surface area contributed by atoms with E-state index in [1.165, 1.54) is 43.4 Å². The van der Waals surface area contributed by atoms with Crippen LogP contribution in [0.5, 0.6) is 0 Å². The number of rotatable bonds is 5. The van der Waals surface area contributed by atoms with Gasteiger partial charge in [0.2, 0.25) is 0 Å². The summed E-state index contributed by atoms with van der Waals surface area (Å²) in [5.41, 5.74) is 5.83. The van der Waals surface area contributed by atoms with Gasteiger partial charge in [0.25, 0.3) is 0 Å². The number of halogens is 1. The molecule has 1 atom stereocenters. The molecule has 0 radical (unpaired) electrons. The molecule has 1 unspecified atom stereocenters. The van der Waals surface area contributed by atoms with Crippen LogP contribution in [0.1, 0.15) is 49.5 Å². The van der Waals surface area contributed by atoms with Crippen LogP contribution in [0.3, 0.4) is 0 Å². The Morgan fingerprint density at radius 2 is 2.06 bits per heavy atom. The monoisotopic (exact) mass is 331 g/mol. The van der Waals surface area contributed by atoms with Gasteiger partial charge in [0.1, 0.15) is 6.10 Å². The Kier molecular flexibility index (Phi) is 6.15. The maximum Gasteiger partial charge on any atom is 0.104 e. The van der Waals surface area contributed by atoms with E-state index in [2.05, 4.69) is 27.4 Å². The predicted molar refractivity (Wildman–Crippen MR) is 81.0 cm³/mol. The second kappa shape index (κ2) is 7.63. The molecule has 102 valence electrons. The number of thiophene rings is 1. The lowest BCUT2D eigenvalue weighted by Gasteiger charge is -2.19. The van der Waals surface area contributed by atoms with E-state index in [0.29, 0.717) is 6.54 Å². The zero-order valence-electron chi connectivity index (χ0n) is 10.7. The van der Waals surface area contributed by atoms with Crippen LogP contribution >= 0.6 is 27.3 Å². The van der Waals surface area contributed by atoms with E-state index in [0.717, 1.165) is 17.0 Å². The van der Waals surface area contributed by atoms with E-state index >= 15 is 0 Å². The Bertz CT molecular complexity index is 347. The van der Waals surface area contributed by atoms with Crippen molar-refractivity contribution in [1.82, 2.24) is 0 Å². The first-order valence-electron chi connectivity index (χ1n) is 6.85. The quantitative estimate of drug-likeness (QED) is 0.806. The molecule has 1 aliphatic carbocycles. The van der Waals surface area contributed by atoms with Gasteiger partial charge >= 0.3 is 0 Å². The Morgan fingerprint density at radius 1 is 1.33 bits per heavy atom.